The van der Waals surface area contributed by atoms with Gasteiger partial charge < -0.3 is 4.42 Å². The average Bonchev–Trinajstić information content (AvgIpc) is 3.37. The quantitative estimate of drug-likeness (QED) is 0.205. The van der Waals surface area contributed by atoms with E-state index in [-0.39, 0.29) is 0 Å². The number of benzene rings is 4. The van der Waals surface area contributed by atoms with Gasteiger partial charge in [-0.1, -0.05) is 126 Å². The van der Waals surface area contributed by atoms with Crippen LogP contribution in [-0.4, -0.2) is 0 Å². The van der Waals surface area contributed by atoms with Gasteiger partial charge in [0.25, 0.3) is 0 Å². The summed E-state index contributed by atoms with van der Waals surface area (Å²) in [7, 11) is 0. The molecule has 5 rings (SSSR count). The molecule has 0 fully saturated rings. The predicted octanol–water partition coefficient (Wildman–Crippen LogP) is 12.4. The van der Waals surface area contributed by atoms with Crippen LogP contribution in [0.4, 0.5) is 0 Å². The predicted molar refractivity (Wildman–Crippen MR) is 177 cm³/mol. The summed E-state index contributed by atoms with van der Waals surface area (Å²) in [5.41, 5.74) is 12.1. The largest absolute Gasteiger partial charge is 0.455 e. The van der Waals surface area contributed by atoms with Gasteiger partial charge in [0.15, 0.2) is 0 Å². The first-order valence-corrected chi connectivity index (χ1v) is 14.9. The number of hydrogen-bond donors (Lipinski definition) is 0. The summed E-state index contributed by atoms with van der Waals surface area (Å²) in [6.07, 6.45) is 5.74. The number of rotatable bonds is 7. The van der Waals surface area contributed by atoms with Gasteiger partial charge in [0, 0.05) is 16.3 Å². The van der Waals surface area contributed by atoms with Crippen LogP contribution in [0.25, 0.3) is 44.2 Å². The van der Waals surface area contributed by atoms with Gasteiger partial charge in [-0.05, 0) is 83.2 Å². The molecule has 1 nitrogen and oxygen atoms in total. The normalized spacial score (nSPS) is 13.0. The van der Waals surface area contributed by atoms with E-state index < -0.39 is 0 Å². The molecule has 0 aliphatic rings. The van der Waals surface area contributed by atoms with E-state index in [9.17, 15) is 0 Å². The van der Waals surface area contributed by atoms with Crippen LogP contribution in [-0.2, 0) is 0 Å². The molecule has 40 heavy (non-hydrogen) atoms. The first kappa shape index (κ1) is 29.2. The highest BCUT2D eigenvalue weighted by molar-refractivity contribution is 6.11. The molecular formula is C39H44O. The lowest BCUT2D eigenvalue weighted by molar-refractivity contribution is 0.669. The highest BCUT2D eigenvalue weighted by Gasteiger charge is 2.17. The Labute approximate surface area is 241 Å². The summed E-state index contributed by atoms with van der Waals surface area (Å²) in [6, 6.07) is 30.8. The molecule has 0 saturated carbocycles. The second-order valence-corrected chi connectivity index (χ2v) is 10.8. The molecule has 0 radical (unpaired) electrons. The van der Waals surface area contributed by atoms with Gasteiger partial charge in [0.05, 0.1) is 0 Å². The van der Waals surface area contributed by atoms with Crippen molar-refractivity contribution >= 4 is 33.1 Å². The van der Waals surface area contributed by atoms with E-state index >= 15 is 0 Å². The summed E-state index contributed by atoms with van der Waals surface area (Å²) in [5, 5.41) is 2.44. The number of hydrogen-bond acceptors (Lipinski definition) is 1. The van der Waals surface area contributed by atoms with Crippen LogP contribution in [0.15, 0.2) is 101 Å². The maximum atomic E-state index is 6.48. The molecule has 5 aromatic rings. The van der Waals surface area contributed by atoms with Gasteiger partial charge in [-0.25, -0.2) is 0 Å². The minimum absolute atomic E-state index is 0.320. The Morgan fingerprint density at radius 3 is 2.20 bits per heavy atom. The van der Waals surface area contributed by atoms with Crippen LogP contribution < -0.4 is 0 Å². The lowest BCUT2D eigenvalue weighted by Gasteiger charge is -2.13. The average molecular weight is 529 g/mol. The van der Waals surface area contributed by atoms with E-state index in [1.54, 1.807) is 0 Å². The van der Waals surface area contributed by atoms with E-state index in [0.29, 0.717) is 11.8 Å². The van der Waals surface area contributed by atoms with E-state index in [1.165, 1.54) is 49.7 Å². The van der Waals surface area contributed by atoms with Crippen LogP contribution in [0.2, 0.25) is 0 Å². The maximum Gasteiger partial charge on any atom is 0.143 e. The fraction of sp³-hybridized carbons (Fsp3) is 0.282. The second-order valence-electron chi connectivity index (χ2n) is 10.8. The Morgan fingerprint density at radius 1 is 0.775 bits per heavy atom. The van der Waals surface area contributed by atoms with Gasteiger partial charge in [-0.2, -0.15) is 0 Å². The van der Waals surface area contributed by atoms with Crippen LogP contribution in [0.3, 0.4) is 0 Å². The van der Waals surface area contributed by atoms with Crippen LogP contribution in [0, 0.1) is 0 Å². The van der Waals surface area contributed by atoms with Crippen molar-refractivity contribution in [1.82, 2.24) is 0 Å². The summed E-state index contributed by atoms with van der Waals surface area (Å²) in [4.78, 5) is 0. The Kier molecular flexibility index (Phi) is 9.48. The molecule has 1 unspecified atom stereocenters. The minimum Gasteiger partial charge on any atom is -0.455 e. The highest BCUT2D eigenvalue weighted by atomic mass is 16.3. The maximum absolute atomic E-state index is 6.48. The van der Waals surface area contributed by atoms with Crippen molar-refractivity contribution in [1.29, 1.82) is 0 Å². The van der Waals surface area contributed by atoms with Crippen molar-refractivity contribution in [3.05, 3.63) is 119 Å². The molecule has 0 spiro atoms. The molecule has 1 heterocycles. The van der Waals surface area contributed by atoms with Gasteiger partial charge in [-0.3, -0.25) is 0 Å². The van der Waals surface area contributed by atoms with E-state index in [1.807, 2.05) is 19.9 Å². The molecule has 0 aliphatic heterocycles. The summed E-state index contributed by atoms with van der Waals surface area (Å²) in [6.45, 7) is 17.4. The van der Waals surface area contributed by atoms with Crippen molar-refractivity contribution in [2.75, 3.05) is 0 Å². The third-order valence-electron chi connectivity index (χ3n) is 7.69. The van der Waals surface area contributed by atoms with Crippen molar-refractivity contribution in [2.24, 2.45) is 0 Å². The number of allylic oxidation sites excluding steroid dienone is 4. The summed E-state index contributed by atoms with van der Waals surface area (Å²) < 4.78 is 6.48. The molecule has 1 atom stereocenters. The van der Waals surface area contributed by atoms with Crippen LogP contribution >= 0.6 is 0 Å². The Hall–Kier alpha value is -3.84. The summed E-state index contributed by atoms with van der Waals surface area (Å²) >= 11 is 0. The van der Waals surface area contributed by atoms with E-state index in [0.717, 1.165) is 23.2 Å². The molecule has 0 amide bonds. The SMILES string of the molecule is CC.CC/C=C(\C)c1cccc(C(C)/C=C(\C)c2cccc(-c3ccc(C(C)C)c4c3oc3ccccc34)c2)c1. The lowest BCUT2D eigenvalue weighted by atomic mass is 9.91. The Morgan fingerprint density at radius 2 is 1.48 bits per heavy atom. The molecule has 0 saturated heterocycles. The Balaban J connectivity index is 0.00000181. The van der Waals surface area contributed by atoms with Crippen molar-refractivity contribution in [2.45, 2.75) is 73.6 Å². The fourth-order valence-corrected chi connectivity index (χ4v) is 5.55. The molecule has 0 bridgehead atoms. The molecule has 4 aromatic carbocycles. The number of furan rings is 1. The molecule has 0 N–H and O–H groups in total. The first-order chi connectivity index (χ1) is 19.4. The van der Waals surface area contributed by atoms with Crippen molar-refractivity contribution in [3.8, 4) is 11.1 Å². The highest BCUT2D eigenvalue weighted by Crippen LogP contribution is 2.40. The van der Waals surface area contributed by atoms with Gasteiger partial charge in [0.1, 0.15) is 11.2 Å². The molecule has 0 aliphatic carbocycles. The van der Waals surface area contributed by atoms with Gasteiger partial charge in [0.2, 0.25) is 0 Å². The zero-order chi connectivity index (χ0) is 28.8. The first-order valence-electron chi connectivity index (χ1n) is 14.9. The lowest BCUT2D eigenvalue weighted by Crippen LogP contribution is -1.93. The van der Waals surface area contributed by atoms with Crippen LogP contribution in [0.1, 0.15) is 95.9 Å². The number of para-hydroxylation sites is 1. The second kappa shape index (κ2) is 13.0. The molecule has 206 valence electrons. The molecular weight excluding hydrogens is 484 g/mol. The van der Waals surface area contributed by atoms with E-state index in [2.05, 4.69) is 133 Å². The van der Waals surface area contributed by atoms with Gasteiger partial charge >= 0.3 is 0 Å². The third-order valence-corrected chi connectivity index (χ3v) is 7.69. The monoisotopic (exact) mass is 528 g/mol. The van der Waals surface area contributed by atoms with E-state index in [4.69, 9.17) is 4.42 Å². The van der Waals surface area contributed by atoms with Crippen molar-refractivity contribution in [3.63, 3.8) is 0 Å². The molecule has 1 aromatic heterocycles. The fourth-order valence-electron chi connectivity index (χ4n) is 5.55. The standard InChI is InChI=1S/C37H38O.C2H6/c1-7-12-25(4)28-13-10-14-29(22-28)26(5)21-27(6)30-15-11-16-31(23-30)33-20-19-32(24(2)3)36-34-17-8-9-18-35(34)38-37(33)36;1-2/h8-24,26H,7H2,1-6H3;1-2H3/b25-12+,27-21+;. The van der Waals surface area contributed by atoms with Crippen molar-refractivity contribution < 1.29 is 4.42 Å². The van der Waals surface area contributed by atoms with Gasteiger partial charge in [-0.15, -0.1) is 0 Å². The number of fused-ring (bicyclic) bond motifs is 3. The smallest absolute Gasteiger partial charge is 0.143 e. The zero-order valence-corrected chi connectivity index (χ0v) is 25.5. The summed E-state index contributed by atoms with van der Waals surface area (Å²) in [5.74, 6) is 0.741. The van der Waals surface area contributed by atoms with Crippen LogP contribution in [0.5, 0.6) is 0 Å². The minimum atomic E-state index is 0.320. The molecule has 1 heteroatoms. The third kappa shape index (κ3) is 5.99. The zero-order valence-electron chi connectivity index (χ0n) is 25.5. The Bertz CT molecular complexity index is 1660. The topological polar surface area (TPSA) is 13.1 Å².